The number of rotatable bonds is 5. The quantitative estimate of drug-likeness (QED) is 0.902. The van der Waals surface area contributed by atoms with Crippen LogP contribution in [0.15, 0.2) is 12.3 Å². The number of anilines is 1. The zero-order valence-electron chi connectivity index (χ0n) is 14.0. The van der Waals surface area contributed by atoms with E-state index in [1.54, 1.807) is 0 Å². The van der Waals surface area contributed by atoms with Crippen molar-refractivity contribution in [2.75, 3.05) is 38.1 Å². The lowest BCUT2D eigenvalue weighted by molar-refractivity contribution is 0.328. The van der Waals surface area contributed by atoms with Gasteiger partial charge in [0.2, 0.25) is 0 Å². The van der Waals surface area contributed by atoms with Crippen molar-refractivity contribution < 1.29 is 0 Å². The number of hydrogen-bond acceptors (Lipinski definition) is 4. The molecule has 21 heavy (non-hydrogen) atoms. The maximum atomic E-state index is 4.50. The second-order valence-electron chi connectivity index (χ2n) is 6.11. The van der Waals surface area contributed by atoms with Crippen molar-refractivity contribution in [3.05, 3.63) is 23.5 Å². The van der Waals surface area contributed by atoms with Crippen LogP contribution in [-0.2, 0) is 6.54 Å². The summed E-state index contributed by atoms with van der Waals surface area (Å²) in [7, 11) is 2.24. The molecule has 0 spiro atoms. The highest BCUT2D eigenvalue weighted by molar-refractivity contribution is 5.54. The topological polar surface area (TPSA) is 31.4 Å². The van der Waals surface area contributed by atoms with E-state index in [0.717, 1.165) is 31.9 Å². The molecule has 1 unspecified atom stereocenters. The van der Waals surface area contributed by atoms with Crippen molar-refractivity contribution in [2.24, 2.45) is 0 Å². The molecule has 0 aliphatic carbocycles. The Labute approximate surface area is 129 Å². The van der Waals surface area contributed by atoms with Crippen LogP contribution in [0.1, 0.15) is 37.9 Å². The van der Waals surface area contributed by atoms with E-state index in [1.165, 1.54) is 30.6 Å². The fraction of sp³-hybridized carbons (Fsp3) is 0.706. The molecule has 1 aliphatic heterocycles. The second kappa shape index (κ2) is 7.76. The molecule has 2 heterocycles. The summed E-state index contributed by atoms with van der Waals surface area (Å²) in [5.74, 6) is 0. The van der Waals surface area contributed by atoms with E-state index in [9.17, 15) is 0 Å². The lowest BCUT2D eigenvalue weighted by atomic mass is 10.1. The van der Waals surface area contributed by atoms with Crippen LogP contribution >= 0.6 is 0 Å². The van der Waals surface area contributed by atoms with E-state index in [1.807, 2.05) is 0 Å². The Morgan fingerprint density at radius 2 is 2.14 bits per heavy atom. The predicted octanol–water partition coefficient (Wildman–Crippen LogP) is 2.42. The summed E-state index contributed by atoms with van der Waals surface area (Å²) in [6.45, 7) is 11.9. The Bertz CT molecular complexity index is 446. The molecule has 4 nitrogen and oxygen atoms in total. The van der Waals surface area contributed by atoms with Crippen LogP contribution in [0.5, 0.6) is 0 Å². The third-order valence-electron chi connectivity index (χ3n) is 4.35. The van der Waals surface area contributed by atoms with Crippen molar-refractivity contribution in [1.29, 1.82) is 0 Å². The summed E-state index contributed by atoms with van der Waals surface area (Å²) >= 11 is 0. The maximum absolute atomic E-state index is 4.50. The minimum atomic E-state index is 0.597. The first kappa shape index (κ1) is 16.2. The van der Waals surface area contributed by atoms with Crippen molar-refractivity contribution in [3.8, 4) is 0 Å². The summed E-state index contributed by atoms with van der Waals surface area (Å²) in [6, 6.07) is 2.86. The van der Waals surface area contributed by atoms with Gasteiger partial charge < -0.3 is 15.1 Å². The first-order valence-corrected chi connectivity index (χ1v) is 8.27. The van der Waals surface area contributed by atoms with Gasteiger partial charge in [0.05, 0.1) is 0 Å². The summed E-state index contributed by atoms with van der Waals surface area (Å²) in [5.41, 5.74) is 3.81. The van der Waals surface area contributed by atoms with Crippen LogP contribution in [0.3, 0.4) is 0 Å². The standard InChI is InChI=1S/C17H30N4/c1-5-16-13-20(4)8-7-9-21(16)17-10-14(3)19-12-15(17)11-18-6-2/h10,12,16,18H,5-9,11,13H2,1-4H3. The Morgan fingerprint density at radius 3 is 2.86 bits per heavy atom. The van der Waals surface area contributed by atoms with Crippen LogP contribution in [0.4, 0.5) is 5.69 Å². The van der Waals surface area contributed by atoms with E-state index < -0.39 is 0 Å². The van der Waals surface area contributed by atoms with Gasteiger partial charge in [-0.05, 0) is 46.0 Å². The first-order valence-electron chi connectivity index (χ1n) is 8.27. The lowest BCUT2D eigenvalue weighted by Gasteiger charge is -2.34. The molecular formula is C17H30N4. The van der Waals surface area contributed by atoms with Gasteiger partial charge in [-0.2, -0.15) is 0 Å². The van der Waals surface area contributed by atoms with Crippen molar-refractivity contribution in [3.63, 3.8) is 0 Å². The van der Waals surface area contributed by atoms with Gasteiger partial charge in [0, 0.05) is 48.8 Å². The van der Waals surface area contributed by atoms with Crippen molar-refractivity contribution in [1.82, 2.24) is 15.2 Å². The molecule has 1 fully saturated rings. The Hall–Kier alpha value is -1.13. The number of pyridine rings is 1. The van der Waals surface area contributed by atoms with Gasteiger partial charge in [-0.1, -0.05) is 13.8 Å². The number of aromatic nitrogens is 1. The smallest absolute Gasteiger partial charge is 0.0448 e. The molecule has 1 N–H and O–H groups in total. The number of nitrogens with one attached hydrogen (secondary N) is 1. The molecule has 1 saturated heterocycles. The minimum absolute atomic E-state index is 0.597. The Kier molecular flexibility index (Phi) is 6.00. The fourth-order valence-electron chi connectivity index (χ4n) is 3.15. The highest BCUT2D eigenvalue weighted by atomic mass is 15.2. The third-order valence-corrected chi connectivity index (χ3v) is 4.35. The SMILES string of the molecule is CCNCc1cnc(C)cc1N1CCCN(C)CC1CC. The van der Waals surface area contributed by atoms with E-state index in [4.69, 9.17) is 0 Å². The molecule has 1 aromatic rings. The Balaban J connectivity index is 2.30. The molecule has 1 aromatic heterocycles. The summed E-state index contributed by atoms with van der Waals surface area (Å²) in [6.07, 6.45) is 4.47. The number of aryl methyl sites for hydroxylation is 1. The molecule has 1 aliphatic rings. The summed E-state index contributed by atoms with van der Waals surface area (Å²) < 4.78 is 0. The first-order chi connectivity index (χ1) is 10.2. The van der Waals surface area contributed by atoms with Crippen LogP contribution in [-0.4, -0.2) is 49.2 Å². The molecule has 4 heteroatoms. The zero-order chi connectivity index (χ0) is 15.2. The molecule has 0 bridgehead atoms. The van der Waals surface area contributed by atoms with Gasteiger partial charge in [-0.25, -0.2) is 0 Å². The molecule has 2 rings (SSSR count). The van der Waals surface area contributed by atoms with Crippen LogP contribution in [0.25, 0.3) is 0 Å². The molecule has 118 valence electrons. The predicted molar refractivity (Wildman–Crippen MR) is 89.9 cm³/mol. The van der Waals surface area contributed by atoms with Gasteiger partial charge in [-0.15, -0.1) is 0 Å². The average Bonchev–Trinajstić information content (AvgIpc) is 2.67. The average molecular weight is 290 g/mol. The second-order valence-corrected chi connectivity index (χ2v) is 6.11. The van der Waals surface area contributed by atoms with Crippen molar-refractivity contribution >= 4 is 5.69 Å². The zero-order valence-corrected chi connectivity index (χ0v) is 14.0. The maximum Gasteiger partial charge on any atom is 0.0448 e. The van der Waals surface area contributed by atoms with Gasteiger partial charge in [0.15, 0.2) is 0 Å². The highest BCUT2D eigenvalue weighted by Gasteiger charge is 2.24. The van der Waals surface area contributed by atoms with E-state index in [-0.39, 0.29) is 0 Å². The van der Waals surface area contributed by atoms with Crippen molar-refractivity contribution in [2.45, 2.75) is 46.2 Å². The highest BCUT2D eigenvalue weighted by Crippen LogP contribution is 2.26. The number of nitrogens with zero attached hydrogens (tertiary/aromatic N) is 3. The van der Waals surface area contributed by atoms with Crippen LogP contribution < -0.4 is 10.2 Å². The molecule has 0 amide bonds. The van der Waals surface area contributed by atoms with Gasteiger partial charge in [0.1, 0.15) is 0 Å². The van der Waals surface area contributed by atoms with E-state index in [0.29, 0.717) is 6.04 Å². The largest absolute Gasteiger partial charge is 0.367 e. The molecule has 0 aromatic carbocycles. The van der Waals surface area contributed by atoms with Gasteiger partial charge in [-0.3, -0.25) is 4.98 Å². The normalized spacial score (nSPS) is 20.6. The number of likely N-dealkylation sites (N-methyl/N-ethyl adjacent to an activating group) is 1. The Morgan fingerprint density at radius 1 is 1.33 bits per heavy atom. The molecular weight excluding hydrogens is 260 g/mol. The molecule has 1 atom stereocenters. The van der Waals surface area contributed by atoms with Gasteiger partial charge >= 0.3 is 0 Å². The fourth-order valence-corrected chi connectivity index (χ4v) is 3.15. The van der Waals surface area contributed by atoms with E-state index >= 15 is 0 Å². The van der Waals surface area contributed by atoms with E-state index in [2.05, 4.69) is 60.2 Å². The van der Waals surface area contributed by atoms with Crippen LogP contribution in [0, 0.1) is 6.92 Å². The van der Waals surface area contributed by atoms with Gasteiger partial charge in [0.25, 0.3) is 0 Å². The summed E-state index contributed by atoms with van der Waals surface area (Å²) in [4.78, 5) is 9.58. The molecule has 0 saturated carbocycles. The minimum Gasteiger partial charge on any atom is -0.367 e. The lowest BCUT2D eigenvalue weighted by Crippen LogP contribution is -2.40. The summed E-state index contributed by atoms with van der Waals surface area (Å²) in [5, 5.41) is 3.44. The number of hydrogen-bond donors (Lipinski definition) is 1. The molecule has 0 radical (unpaired) electrons. The third kappa shape index (κ3) is 4.17. The monoisotopic (exact) mass is 290 g/mol. The van der Waals surface area contributed by atoms with Crippen LogP contribution in [0.2, 0.25) is 0 Å².